The van der Waals surface area contributed by atoms with E-state index < -0.39 is 0 Å². The van der Waals surface area contributed by atoms with Crippen molar-refractivity contribution in [3.63, 3.8) is 0 Å². The molecule has 0 nitrogen and oxygen atoms in total. The van der Waals surface area contributed by atoms with Crippen molar-refractivity contribution in [3.8, 4) is 0 Å². The van der Waals surface area contributed by atoms with Crippen LogP contribution in [-0.2, 0) is 0 Å². The molecule has 0 amide bonds. The molecular formula is C18H22S. The van der Waals surface area contributed by atoms with Gasteiger partial charge < -0.3 is 0 Å². The van der Waals surface area contributed by atoms with Gasteiger partial charge in [-0.25, -0.2) is 0 Å². The molecule has 0 bridgehead atoms. The lowest BCUT2D eigenvalue weighted by atomic mass is 9.95. The molecule has 2 rings (SSSR count). The van der Waals surface area contributed by atoms with E-state index >= 15 is 0 Å². The van der Waals surface area contributed by atoms with E-state index in [1.54, 1.807) is 0 Å². The normalized spacial score (nSPS) is 10.8. The minimum atomic E-state index is 1.31. The monoisotopic (exact) mass is 270 g/mol. The van der Waals surface area contributed by atoms with Crippen LogP contribution in [0.5, 0.6) is 0 Å². The van der Waals surface area contributed by atoms with Crippen molar-refractivity contribution in [3.05, 3.63) is 57.6 Å². The standard InChI is InChI=1S/C18H22S/c1-11-7-9-17(10-8-11)19-18-15(5)13(3)12(2)14(4)16(18)6/h7-10H,1-6H3. The molecule has 19 heavy (non-hydrogen) atoms. The topological polar surface area (TPSA) is 0 Å². The van der Waals surface area contributed by atoms with E-state index in [9.17, 15) is 0 Å². The van der Waals surface area contributed by atoms with Gasteiger partial charge in [0.05, 0.1) is 0 Å². The van der Waals surface area contributed by atoms with Crippen LogP contribution in [0.15, 0.2) is 34.1 Å². The molecule has 0 radical (unpaired) electrons. The molecule has 0 spiro atoms. The van der Waals surface area contributed by atoms with Crippen LogP contribution in [0, 0.1) is 41.5 Å². The van der Waals surface area contributed by atoms with Gasteiger partial charge in [0.25, 0.3) is 0 Å². The van der Waals surface area contributed by atoms with Gasteiger partial charge in [-0.05, 0) is 81.5 Å². The van der Waals surface area contributed by atoms with Gasteiger partial charge in [0.1, 0.15) is 0 Å². The number of hydrogen-bond acceptors (Lipinski definition) is 1. The quantitative estimate of drug-likeness (QED) is 0.675. The molecule has 0 N–H and O–H groups in total. The summed E-state index contributed by atoms with van der Waals surface area (Å²) in [6.45, 7) is 13.3. The average Bonchev–Trinajstić information content (AvgIpc) is 2.41. The molecule has 0 unspecified atom stereocenters. The Bertz CT molecular complexity index is 578. The summed E-state index contributed by atoms with van der Waals surface area (Å²) in [6.07, 6.45) is 0. The Hall–Kier alpha value is -1.21. The van der Waals surface area contributed by atoms with Crippen LogP contribution in [0.1, 0.15) is 33.4 Å². The van der Waals surface area contributed by atoms with Crippen molar-refractivity contribution in [2.24, 2.45) is 0 Å². The van der Waals surface area contributed by atoms with E-state index in [1.807, 2.05) is 11.8 Å². The van der Waals surface area contributed by atoms with Crippen molar-refractivity contribution in [1.82, 2.24) is 0 Å². The second kappa shape index (κ2) is 5.42. The highest BCUT2D eigenvalue weighted by Gasteiger charge is 2.13. The van der Waals surface area contributed by atoms with Crippen molar-refractivity contribution in [2.75, 3.05) is 0 Å². The fourth-order valence-electron chi connectivity index (χ4n) is 2.34. The molecule has 100 valence electrons. The number of hydrogen-bond donors (Lipinski definition) is 0. The third kappa shape index (κ3) is 2.71. The number of aryl methyl sites for hydroxylation is 1. The number of rotatable bonds is 2. The lowest BCUT2D eigenvalue weighted by Crippen LogP contribution is -1.98. The van der Waals surface area contributed by atoms with Gasteiger partial charge in [0, 0.05) is 9.79 Å². The van der Waals surface area contributed by atoms with Gasteiger partial charge in [0.15, 0.2) is 0 Å². The molecule has 2 aromatic carbocycles. The highest BCUT2D eigenvalue weighted by molar-refractivity contribution is 7.99. The van der Waals surface area contributed by atoms with Crippen LogP contribution in [0.3, 0.4) is 0 Å². The molecular weight excluding hydrogens is 248 g/mol. The molecule has 0 aliphatic heterocycles. The van der Waals surface area contributed by atoms with Gasteiger partial charge in [-0.1, -0.05) is 29.5 Å². The summed E-state index contributed by atoms with van der Waals surface area (Å²) in [5.74, 6) is 0. The maximum absolute atomic E-state index is 2.24. The fourth-order valence-corrected chi connectivity index (χ4v) is 3.46. The Labute approximate surface area is 121 Å². The smallest absolute Gasteiger partial charge is 0.0186 e. The SMILES string of the molecule is Cc1ccc(Sc2c(C)c(C)c(C)c(C)c2C)cc1. The summed E-state index contributed by atoms with van der Waals surface area (Å²) >= 11 is 1.89. The van der Waals surface area contributed by atoms with Gasteiger partial charge in [-0.2, -0.15) is 0 Å². The highest BCUT2D eigenvalue weighted by Crippen LogP contribution is 2.37. The zero-order valence-corrected chi connectivity index (χ0v) is 13.5. The first kappa shape index (κ1) is 14.2. The number of benzene rings is 2. The molecule has 0 fully saturated rings. The summed E-state index contributed by atoms with van der Waals surface area (Å²) in [7, 11) is 0. The minimum Gasteiger partial charge on any atom is -0.0895 e. The third-order valence-electron chi connectivity index (χ3n) is 4.17. The highest BCUT2D eigenvalue weighted by atomic mass is 32.2. The predicted molar refractivity (Wildman–Crippen MR) is 85.4 cm³/mol. The first-order valence-corrected chi connectivity index (χ1v) is 7.55. The Morgan fingerprint density at radius 1 is 0.579 bits per heavy atom. The summed E-state index contributed by atoms with van der Waals surface area (Å²) in [6, 6.07) is 8.79. The second-order valence-corrected chi connectivity index (χ2v) is 6.45. The van der Waals surface area contributed by atoms with E-state index in [1.165, 1.54) is 43.2 Å². The van der Waals surface area contributed by atoms with Gasteiger partial charge >= 0.3 is 0 Å². The largest absolute Gasteiger partial charge is 0.0895 e. The molecule has 0 saturated heterocycles. The van der Waals surface area contributed by atoms with Crippen LogP contribution in [-0.4, -0.2) is 0 Å². The molecule has 0 aliphatic rings. The van der Waals surface area contributed by atoms with E-state index in [0.717, 1.165) is 0 Å². The van der Waals surface area contributed by atoms with Crippen LogP contribution >= 0.6 is 11.8 Å². The molecule has 0 atom stereocenters. The Morgan fingerprint density at radius 3 is 1.47 bits per heavy atom. The van der Waals surface area contributed by atoms with Crippen molar-refractivity contribution >= 4 is 11.8 Å². The zero-order valence-electron chi connectivity index (χ0n) is 12.7. The molecule has 0 aliphatic carbocycles. The van der Waals surface area contributed by atoms with Crippen molar-refractivity contribution < 1.29 is 0 Å². The van der Waals surface area contributed by atoms with Crippen LogP contribution in [0.2, 0.25) is 0 Å². The maximum Gasteiger partial charge on any atom is 0.0186 e. The van der Waals surface area contributed by atoms with Gasteiger partial charge in [-0.15, -0.1) is 0 Å². The summed E-state index contributed by atoms with van der Waals surface area (Å²) in [5.41, 5.74) is 8.45. The van der Waals surface area contributed by atoms with Crippen molar-refractivity contribution in [1.29, 1.82) is 0 Å². The summed E-state index contributed by atoms with van der Waals surface area (Å²) < 4.78 is 0. The molecule has 1 heteroatoms. The summed E-state index contributed by atoms with van der Waals surface area (Å²) in [4.78, 5) is 2.74. The van der Waals surface area contributed by atoms with Crippen LogP contribution in [0.25, 0.3) is 0 Å². The predicted octanol–water partition coefficient (Wildman–Crippen LogP) is 5.69. The third-order valence-corrected chi connectivity index (χ3v) is 5.50. The van der Waals surface area contributed by atoms with E-state index in [4.69, 9.17) is 0 Å². The van der Waals surface area contributed by atoms with E-state index in [-0.39, 0.29) is 0 Å². The van der Waals surface area contributed by atoms with Crippen LogP contribution < -0.4 is 0 Å². The lowest BCUT2D eigenvalue weighted by Gasteiger charge is -2.18. The van der Waals surface area contributed by atoms with Crippen LogP contribution in [0.4, 0.5) is 0 Å². The molecule has 2 aromatic rings. The lowest BCUT2D eigenvalue weighted by molar-refractivity contribution is 1.09. The zero-order chi connectivity index (χ0) is 14.2. The fraction of sp³-hybridized carbons (Fsp3) is 0.333. The first-order valence-electron chi connectivity index (χ1n) is 6.73. The van der Waals surface area contributed by atoms with E-state index in [0.29, 0.717) is 0 Å². The first-order chi connectivity index (χ1) is 8.91. The van der Waals surface area contributed by atoms with Gasteiger partial charge in [-0.3, -0.25) is 0 Å². The Kier molecular flexibility index (Phi) is 4.05. The Balaban J connectivity index is 2.48. The van der Waals surface area contributed by atoms with E-state index in [2.05, 4.69) is 65.8 Å². The van der Waals surface area contributed by atoms with Gasteiger partial charge in [0.2, 0.25) is 0 Å². The maximum atomic E-state index is 2.24. The van der Waals surface area contributed by atoms with Crippen molar-refractivity contribution in [2.45, 2.75) is 51.3 Å². The molecule has 0 saturated carbocycles. The molecule has 0 aromatic heterocycles. The minimum absolute atomic E-state index is 1.31. The molecule has 0 heterocycles. The second-order valence-electron chi connectivity index (χ2n) is 5.37. The average molecular weight is 270 g/mol. The summed E-state index contributed by atoms with van der Waals surface area (Å²) in [5, 5.41) is 0. The Morgan fingerprint density at radius 2 is 1.00 bits per heavy atom.